The van der Waals surface area contributed by atoms with Crippen molar-refractivity contribution < 1.29 is 35.9 Å². The number of likely N-dealkylation sites (N-methyl/N-ethyl adjacent to an activating group) is 1. The van der Waals surface area contributed by atoms with Crippen LogP contribution < -0.4 is 14.8 Å². The van der Waals surface area contributed by atoms with Gasteiger partial charge in [0, 0.05) is 12.1 Å². The molecule has 0 bridgehead atoms. The maximum Gasteiger partial charge on any atom is 0.378 e. The molecule has 218 valence electrons. The Bertz CT molecular complexity index is 1770. The molecule has 1 aliphatic heterocycles. The second kappa shape index (κ2) is 11.4. The first-order valence-electron chi connectivity index (χ1n) is 11.7. The van der Waals surface area contributed by atoms with E-state index in [4.69, 9.17) is 21.1 Å². The summed E-state index contributed by atoms with van der Waals surface area (Å²) in [6.45, 7) is 1.62. The van der Waals surface area contributed by atoms with Crippen molar-refractivity contribution >= 4 is 60.7 Å². The van der Waals surface area contributed by atoms with E-state index in [0.717, 1.165) is 21.4 Å². The van der Waals surface area contributed by atoms with Gasteiger partial charge >= 0.3 is 5.97 Å². The smallest absolute Gasteiger partial charge is 0.378 e. The van der Waals surface area contributed by atoms with Crippen LogP contribution in [0.4, 0.5) is 11.4 Å². The Hall–Kier alpha value is -4.06. The van der Waals surface area contributed by atoms with Gasteiger partial charge in [-0.3, -0.25) is 9.10 Å². The molecule has 3 aromatic rings. The van der Waals surface area contributed by atoms with Gasteiger partial charge in [0.05, 0.1) is 30.0 Å². The lowest BCUT2D eigenvalue weighted by Crippen LogP contribution is -2.45. The zero-order valence-corrected chi connectivity index (χ0v) is 24.4. The molecule has 0 saturated heterocycles. The number of carbonyl (C=O) groups excluding carboxylic acids is 2. The van der Waals surface area contributed by atoms with Crippen molar-refractivity contribution in [2.45, 2.75) is 22.8 Å². The average molecular weight is 626 g/mol. The number of ether oxygens (including phenoxy) is 2. The molecule has 0 aliphatic carbocycles. The third-order valence-corrected chi connectivity index (χ3v) is 9.29. The van der Waals surface area contributed by atoms with E-state index in [1.807, 2.05) is 0 Å². The average Bonchev–Trinajstić information content (AvgIpc) is 3.42. The first-order chi connectivity index (χ1) is 19.3. The molecular weight excluding hydrogens is 602 g/mol. The molecular formula is C23H24ClN7O8S2. The lowest BCUT2D eigenvalue weighted by molar-refractivity contribution is -0.117. The standard InChI is InChI=1S/C23H24ClN7O8S2/c1-5-39-23(33)20-26-12-31(29-20)19(21-27-15-8-6-13(24)10-18(15)41(36,37)30(21)3)22(32)28-16-11-14(40(34,35)25-2)7-9-17(16)38-4/h6-12,19,25H,5H2,1-4H3,(H,28,32). The van der Waals surface area contributed by atoms with E-state index in [1.165, 1.54) is 51.5 Å². The van der Waals surface area contributed by atoms with E-state index in [0.29, 0.717) is 0 Å². The number of benzene rings is 2. The van der Waals surface area contributed by atoms with Gasteiger partial charge in [0.2, 0.25) is 10.0 Å². The number of carbonyl (C=O) groups is 2. The van der Waals surface area contributed by atoms with Gasteiger partial charge in [0.15, 0.2) is 11.9 Å². The number of aromatic nitrogens is 3. The van der Waals surface area contributed by atoms with Gasteiger partial charge in [0.1, 0.15) is 17.0 Å². The third kappa shape index (κ3) is 5.74. The van der Waals surface area contributed by atoms with Crippen LogP contribution in [-0.4, -0.2) is 81.4 Å². The summed E-state index contributed by atoms with van der Waals surface area (Å²) in [5.74, 6) is -2.39. The highest BCUT2D eigenvalue weighted by Gasteiger charge is 2.40. The van der Waals surface area contributed by atoms with Crippen molar-refractivity contribution in [1.29, 1.82) is 0 Å². The van der Waals surface area contributed by atoms with Crippen molar-refractivity contribution in [2.75, 3.05) is 33.1 Å². The number of hydrogen-bond acceptors (Lipinski definition) is 11. The Kier molecular flexibility index (Phi) is 8.34. The van der Waals surface area contributed by atoms with Crippen molar-refractivity contribution in [3.63, 3.8) is 0 Å². The van der Waals surface area contributed by atoms with Crippen LogP contribution in [0.1, 0.15) is 23.6 Å². The maximum absolute atomic E-state index is 13.9. The Morgan fingerprint density at radius 2 is 1.90 bits per heavy atom. The largest absolute Gasteiger partial charge is 0.495 e. The number of rotatable bonds is 9. The number of esters is 1. The second-order valence-electron chi connectivity index (χ2n) is 8.28. The Labute approximate surface area is 240 Å². The molecule has 2 aromatic carbocycles. The van der Waals surface area contributed by atoms with E-state index in [2.05, 4.69) is 25.1 Å². The normalized spacial score (nSPS) is 15.0. The van der Waals surface area contributed by atoms with Crippen LogP contribution in [0.3, 0.4) is 0 Å². The highest BCUT2D eigenvalue weighted by atomic mass is 35.5. The molecule has 4 rings (SSSR count). The van der Waals surface area contributed by atoms with Crippen LogP contribution in [0.2, 0.25) is 5.02 Å². The van der Waals surface area contributed by atoms with E-state index in [-0.39, 0.29) is 44.4 Å². The zero-order valence-electron chi connectivity index (χ0n) is 22.0. The number of halogens is 1. The summed E-state index contributed by atoms with van der Waals surface area (Å²) >= 11 is 6.01. The first-order valence-corrected chi connectivity index (χ1v) is 15.0. The SMILES string of the molecule is CCOC(=O)c1ncn(C(C(=O)Nc2cc(S(=O)(=O)NC)ccc2OC)C2=Nc3ccc(Cl)cc3S(=O)(=O)N2C)n1. The van der Waals surface area contributed by atoms with E-state index >= 15 is 0 Å². The number of hydrogen-bond donors (Lipinski definition) is 2. The van der Waals surface area contributed by atoms with Crippen LogP contribution in [0.25, 0.3) is 0 Å². The van der Waals surface area contributed by atoms with Gasteiger partial charge in [-0.2, -0.15) is 0 Å². The summed E-state index contributed by atoms with van der Waals surface area (Å²) in [5.41, 5.74) is -0.0515. The number of methoxy groups -OCH3 is 1. The summed E-state index contributed by atoms with van der Waals surface area (Å²) in [4.78, 5) is 34.0. The molecule has 1 amide bonds. The molecule has 2 heterocycles. The quantitative estimate of drug-likeness (QED) is 0.330. The minimum atomic E-state index is -4.24. The number of fused-ring (bicyclic) bond motifs is 1. The van der Waals surface area contributed by atoms with E-state index < -0.39 is 43.8 Å². The summed E-state index contributed by atoms with van der Waals surface area (Å²) in [6.07, 6.45) is 1.04. The maximum atomic E-state index is 13.9. The fourth-order valence-electron chi connectivity index (χ4n) is 3.80. The summed E-state index contributed by atoms with van der Waals surface area (Å²) in [6, 6.07) is 6.16. The monoisotopic (exact) mass is 625 g/mol. The molecule has 0 spiro atoms. The van der Waals surface area contributed by atoms with Crippen molar-refractivity contribution in [3.05, 3.63) is 53.6 Å². The Morgan fingerprint density at radius 1 is 1.17 bits per heavy atom. The number of nitrogens with zero attached hydrogens (tertiary/aromatic N) is 5. The molecule has 18 heteroatoms. The van der Waals surface area contributed by atoms with Gasteiger partial charge in [-0.1, -0.05) is 11.6 Å². The van der Waals surface area contributed by atoms with Gasteiger partial charge in [0.25, 0.3) is 21.8 Å². The number of aliphatic imine (C=N–C) groups is 1. The van der Waals surface area contributed by atoms with Crippen LogP contribution in [0.5, 0.6) is 5.75 Å². The number of amidine groups is 1. The van der Waals surface area contributed by atoms with Crippen LogP contribution >= 0.6 is 11.6 Å². The minimum absolute atomic E-state index is 0.00530. The summed E-state index contributed by atoms with van der Waals surface area (Å²) < 4.78 is 65.7. The highest BCUT2D eigenvalue weighted by molar-refractivity contribution is 7.90. The van der Waals surface area contributed by atoms with Crippen molar-refractivity contribution in [2.24, 2.45) is 4.99 Å². The number of sulfonamides is 2. The Balaban J connectivity index is 1.87. The molecule has 1 aromatic heterocycles. The van der Waals surface area contributed by atoms with Gasteiger partial charge in [-0.05, 0) is 50.4 Å². The van der Waals surface area contributed by atoms with Crippen molar-refractivity contribution in [3.8, 4) is 5.75 Å². The lowest BCUT2D eigenvalue weighted by Gasteiger charge is -2.30. The molecule has 1 aliphatic rings. The van der Waals surface area contributed by atoms with Crippen LogP contribution in [0.15, 0.2) is 57.5 Å². The predicted molar refractivity (Wildman–Crippen MR) is 146 cm³/mol. The van der Waals surface area contributed by atoms with E-state index in [9.17, 15) is 26.4 Å². The highest BCUT2D eigenvalue weighted by Crippen LogP contribution is 2.36. The molecule has 0 saturated carbocycles. The fraction of sp³-hybridized carbons (Fsp3) is 0.261. The van der Waals surface area contributed by atoms with Gasteiger partial charge in [-0.15, -0.1) is 5.10 Å². The first kappa shape index (κ1) is 29.9. The summed E-state index contributed by atoms with van der Waals surface area (Å²) in [7, 11) is -4.43. The number of nitrogens with one attached hydrogen (secondary N) is 2. The summed E-state index contributed by atoms with van der Waals surface area (Å²) in [5, 5.41) is 6.76. The molecule has 41 heavy (non-hydrogen) atoms. The molecule has 15 nitrogen and oxygen atoms in total. The fourth-order valence-corrected chi connectivity index (χ4v) is 6.13. The molecule has 0 radical (unpaired) electrons. The molecule has 1 unspecified atom stereocenters. The van der Waals surface area contributed by atoms with E-state index in [1.54, 1.807) is 6.92 Å². The molecule has 1 atom stereocenters. The Morgan fingerprint density at radius 3 is 2.56 bits per heavy atom. The topological polar surface area (TPSA) is 191 Å². The lowest BCUT2D eigenvalue weighted by atomic mass is 10.2. The molecule has 0 fully saturated rings. The number of amides is 1. The van der Waals surface area contributed by atoms with Crippen molar-refractivity contribution in [1.82, 2.24) is 23.8 Å². The third-order valence-electron chi connectivity index (χ3n) is 5.85. The molecule has 2 N–H and O–H groups in total. The van der Waals surface area contributed by atoms with Gasteiger partial charge in [-0.25, -0.2) is 41.0 Å². The van der Waals surface area contributed by atoms with Crippen LogP contribution in [-0.2, 0) is 29.6 Å². The van der Waals surface area contributed by atoms with Crippen LogP contribution in [0, 0.1) is 0 Å². The number of anilines is 1. The second-order valence-corrected chi connectivity index (χ2v) is 12.5. The predicted octanol–water partition coefficient (Wildman–Crippen LogP) is 1.57. The minimum Gasteiger partial charge on any atom is -0.495 e. The zero-order chi connectivity index (χ0) is 30.1. The van der Waals surface area contributed by atoms with Gasteiger partial charge < -0.3 is 14.8 Å².